The highest BCUT2D eigenvalue weighted by atomic mass is 32.2. The van der Waals surface area contributed by atoms with Crippen LogP contribution < -0.4 is 10.6 Å². The van der Waals surface area contributed by atoms with E-state index < -0.39 is 21.3 Å². The molecule has 0 aliphatic carbocycles. The molecule has 1 aliphatic heterocycles. The fraction of sp³-hybridized carbons (Fsp3) is 0.462. The van der Waals surface area contributed by atoms with Gasteiger partial charge in [-0.15, -0.1) is 0 Å². The molecule has 0 saturated carbocycles. The number of hydrogen-bond donors (Lipinski definition) is 2. The standard InChI is InChI=1S/C13H16F2N2O3S/c14-13(15)21(19,20)8-9-1-3-10(4-2-9)12(18)17-11-5-6-16-7-11/h1-4,11,13,16H,5-8H2,(H,17,18). The smallest absolute Gasteiger partial charge is 0.337 e. The van der Waals surface area contributed by atoms with Crippen molar-refractivity contribution in [3.63, 3.8) is 0 Å². The number of rotatable bonds is 5. The van der Waals surface area contributed by atoms with Crippen LogP contribution in [0.15, 0.2) is 24.3 Å². The Bertz CT molecular complexity index is 596. The number of sulfone groups is 1. The Hall–Kier alpha value is -1.54. The van der Waals surface area contributed by atoms with Crippen molar-refractivity contribution in [3.8, 4) is 0 Å². The maximum atomic E-state index is 12.3. The average Bonchev–Trinajstić information content (AvgIpc) is 2.91. The van der Waals surface area contributed by atoms with Gasteiger partial charge in [0.1, 0.15) is 0 Å². The first-order chi connectivity index (χ1) is 9.88. The number of nitrogens with one attached hydrogen (secondary N) is 2. The number of hydrogen-bond acceptors (Lipinski definition) is 4. The number of alkyl halides is 2. The predicted molar refractivity (Wildman–Crippen MR) is 73.8 cm³/mol. The van der Waals surface area contributed by atoms with Gasteiger partial charge in [0.05, 0.1) is 5.75 Å². The largest absolute Gasteiger partial charge is 0.348 e. The summed E-state index contributed by atoms with van der Waals surface area (Å²) in [6, 6.07) is 5.71. The normalized spacial score (nSPS) is 18.9. The first kappa shape index (κ1) is 15.8. The molecule has 1 aliphatic rings. The van der Waals surface area contributed by atoms with E-state index in [1.165, 1.54) is 24.3 Å². The SMILES string of the molecule is O=C(NC1CCNC1)c1ccc(CS(=O)(=O)C(F)F)cc1. The molecule has 0 bridgehead atoms. The van der Waals surface area contributed by atoms with E-state index >= 15 is 0 Å². The summed E-state index contributed by atoms with van der Waals surface area (Å²) in [5, 5.41) is 5.96. The number of benzene rings is 1. The molecule has 1 atom stereocenters. The van der Waals surface area contributed by atoms with Crippen LogP contribution in [0.1, 0.15) is 22.3 Å². The highest BCUT2D eigenvalue weighted by molar-refractivity contribution is 7.90. The van der Waals surface area contributed by atoms with Gasteiger partial charge >= 0.3 is 5.76 Å². The van der Waals surface area contributed by atoms with Crippen LogP contribution in [0.25, 0.3) is 0 Å². The van der Waals surface area contributed by atoms with E-state index in [0.717, 1.165) is 19.5 Å². The van der Waals surface area contributed by atoms with Gasteiger partial charge in [0.25, 0.3) is 5.91 Å². The second-order valence-electron chi connectivity index (χ2n) is 4.93. The second-order valence-corrected chi connectivity index (χ2v) is 6.90. The minimum atomic E-state index is -4.45. The number of carbonyl (C=O) groups is 1. The Morgan fingerprint density at radius 1 is 1.33 bits per heavy atom. The van der Waals surface area contributed by atoms with Crippen molar-refractivity contribution in [3.05, 3.63) is 35.4 Å². The lowest BCUT2D eigenvalue weighted by molar-refractivity contribution is 0.0940. The van der Waals surface area contributed by atoms with Gasteiger partial charge in [-0.25, -0.2) is 8.42 Å². The average molecular weight is 318 g/mol. The van der Waals surface area contributed by atoms with E-state index in [0.29, 0.717) is 5.56 Å². The lowest BCUT2D eigenvalue weighted by Crippen LogP contribution is -2.36. The number of halogens is 2. The van der Waals surface area contributed by atoms with Crippen LogP contribution in [-0.4, -0.2) is 39.2 Å². The minimum absolute atomic E-state index is 0.0800. The van der Waals surface area contributed by atoms with Gasteiger partial charge in [-0.3, -0.25) is 4.79 Å². The van der Waals surface area contributed by atoms with Crippen LogP contribution in [0.5, 0.6) is 0 Å². The van der Waals surface area contributed by atoms with E-state index in [-0.39, 0.29) is 17.5 Å². The van der Waals surface area contributed by atoms with Crippen LogP contribution in [-0.2, 0) is 15.6 Å². The molecule has 1 unspecified atom stereocenters. The van der Waals surface area contributed by atoms with Gasteiger partial charge in [-0.2, -0.15) is 8.78 Å². The molecular formula is C13H16F2N2O3S. The lowest BCUT2D eigenvalue weighted by atomic mass is 10.1. The van der Waals surface area contributed by atoms with Gasteiger partial charge in [0, 0.05) is 18.2 Å². The molecule has 116 valence electrons. The Labute approximate surface area is 121 Å². The zero-order valence-electron chi connectivity index (χ0n) is 11.2. The Kier molecular flexibility index (Phi) is 4.89. The highest BCUT2D eigenvalue weighted by Crippen LogP contribution is 2.14. The molecule has 21 heavy (non-hydrogen) atoms. The monoisotopic (exact) mass is 318 g/mol. The maximum Gasteiger partial charge on any atom is 0.337 e. The molecule has 1 heterocycles. The van der Waals surface area contributed by atoms with Crippen molar-refractivity contribution >= 4 is 15.7 Å². The molecule has 2 rings (SSSR count). The molecule has 8 heteroatoms. The van der Waals surface area contributed by atoms with Gasteiger partial charge in [0.2, 0.25) is 9.84 Å². The zero-order valence-corrected chi connectivity index (χ0v) is 12.0. The molecule has 2 N–H and O–H groups in total. The van der Waals surface area contributed by atoms with Gasteiger partial charge in [0.15, 0.2) is 0 Å². The summed E-state index contributed by atoms with van der Waals surface area (Å²) in [4.78, 5) is 11.9. The minimum Gasteiger partial charge on any atom is -0.348 e. The van der Waals surface area contributed by atoms with Crippen molar-refractivity contribution in [1.29, 1.82) is 0 Å². The fourth-order valence-corrected chi connectivity index (χ4v) is 2.88. The van der Waals surface area contributed by atoms with Crippen molar-refractivity contribution in [2.75, 3.05) is 13.1 Å². The van der Waals surface area contributed by atoms with Gasteiger partial charge in [-0.1, -0.05) is 12.1 Å². The summed E-state index contributed by atoms with van der Waals surface area (Å²) in [7, 11) is -4.45. The highest BCUT2D eigenvalue weighted by Gasteiger charge is 2.24. The third kappa shape index (κ3) is 4.21. The summed E-state index contributed by atoms with van der Waals surface area (Å²) in [5.74, 6) is -4.39. The molecule has 1 aromatic rings. The van der Waals surface area contributed by atoms with E-state index in [1.807, 2.05) is 0 Å². The second kappa shape index (κ2) is 6.48. The molecule has 5 nitrogen and oxygen atoms in total. The summed E-state index contributed by atoms with van der Waals surface area (Å²) in [6.07, 6.45) is 0.858. The maximum absolute atomic E-state index is 12.3. The molecule has 1 aromatic carbocycles. The summed E-state index contributed by atoms with van der Waals surface area (Å²) < 4.78 is 46.8. The van der Waals surface area contributed by atoms with Gasteiger partial charge in [-0.05, 0) is 30.7 Å². The summed E-state index contributed by atoms with van der Waals surface area (Å²) >= 11 is 0. The molecule has 1 amide bonds. The topological polar surface area (TPSA) is 75.3 Å². The van der Waals surface area contributed by atoms with E-state index in [9.17, 15) is 22.0 Å². The van der Waals surface area contributed by atoms with Crippen LogP contribution in [0.4, 0.5) is 8.78 Å². The Balaban J connectivity index is 1.99. The Morgan fingerprint density at radius 2 is 2.00 bits per heavy atom. The van der Waals surface area contributed by atoms with E-state index in [4.69, 9.17) is 0 Å². The van der Waals surface area contributed by atoms with Crippen molar-refractivity contribution in [2.24, 2.45) is 0 Å². The molecule has 0 radical (unpaired) electrons. The molecular weight excluding hydrogens is 302 g/mol. The summed E-state index contributed by atoms with van der Waals surface area (Å²) in [5.41, 5.74) is 0.606. The first-order valence-corrected chi connectivity index (χ1v) is 8.20. The van der Waals surface area contributed by atoms with Crippen molar-refractivity contribution in [1.82, 2.24) is 10.6 Å². The van der Waals surface area contributed by atoms with Crippen LogP contribution >= 0.6 is 0 Å². The third-order valence-corrected chi connectivity index (χ3v) is 4.53. The molecule has 1 fully saturated rings. The zero-order chi connectivity index (χ0) is 15.5. The van der Waals surface area contributed by atoms with Gasteiger partial charge < -0.3 is 10.6 Å². The van der Waals surface area contributed by atoms with Crippen molar-refractivity contribution < 1.29 is 22.0 Å². The summed E-state index contributed by atoms with van der Waals surface area (Å²) in [6.45, 7) is 1.58. The van der Waals surface area contributed by atoms with Crippen LogP contribution in [0.2, 0.25) is 0 Å². The van der Waals surface area contributed by atoms with E-state index in [1.54, 1.807) is 0 Å². The van der Waals surface area contributed by atoms with E-state index in [2.05, 4.69) is 10.6 Å². The molecule has 0 spiro atoms. The quantitative estimate of drug-likeness (QED) is 0.846. The van der Waals surface area contributed by atoms with Crippen molar-refractivity contribution in [2.45, 2.75) is 24.0 Å². The molecule has 1 saturated heterocycles. The Morgan fingerprint density at radius 3 is 2.52 bits per heavy atom. The fourth-order valence-electron chi connectivity index (χ4n) is 2.09. The van der Waals surface area contributed by atoms with Crippen LogP contribution in [0, 0.1) is 0 Å². The molecule has 0 aromatic heterocycles. The lowest BCUT2D eigenvalue weighted by Gasteiger charge is -2.11. The third-order valence-electron chi connectivity index (χ3n) is 3.25. The van der Waals surface area contributed by atoms with Crippen LogP contribution in [0.3, 0.4) is 0 Å². The first-order valence-electron chi connectivity index (χ1n) is 6.49. The number of amides is 1. The predicted octanol–water partition coefficient (Wildman–Crippen LogP) is 0.916. The number of carbonyl (C=O) groups excluding carboxylic acids is 1.